The molecule has 0 aliphatic carbocycles. The lowest BCUT2D eigenvalue weighted by atomic mass is 10.2. The summed E-state index contributed by atoms with van der Waals surface area (Å²) >= 11 is 11.5. The molecule has 1 aromatic heterocycles. The summed E-state index contributed by atoms with van der Waals surface area (Å²) in [6.07, 6.45) is 0.906. The standard InChI is InChI=1S/C15H21ClN4O2S/c1-4-6-22-14-12(16)7-11(8-13(14)21-5-2)9-17-20-10(3)18-19-15(20)23/h7-8,17H,4-6,9H2,1-3H3,(H,19,23). The molecule has 2 aromatic rings. The van der Waals surface area contributed by atoms with Gasteiger partial charge in [0.1, 0.15) is 5.82 Å². The average Bonchev–Trinajstić information content (AvgIpc) is 2.83. The van der Waals surface area contributed by atoms with E-state index < -0.39 is 0 Å². The zero-order valence-corrected chi connectivity index (χ0v) is 15.1. The Hall–Kier alpha value is -1.73. The Morgan fingerprint density at radius 2 is 2.13 bits per heavy atom. The highest BCUT2D eigenvalue weighted by molar-refractivity contribution is 7.71. The van der Waals surface area contributed by atoms with Crippen molar-refractivity contribution in [3.05, 3.63) is 33.3 Å². The second-order valence-corrected chi connectivity index (χ2v) is 5.73. The van der Waals surface area contributed by atoms with Crippen LogP contribution >= 0.6 is 23.8 Å². The SMILES string of the molecule is CCCOc1c(Cl)cc(CNn2c(C)n[nH]c2=S)cc1OCC. The quantitative estimate of drug-likeness (QED) is 0.704. The third-order valence-electron chi connectivity index (χ3n) is 3.10. The zero-order chi connectivity index (χ0) is 16.8. The molecule has 1 aromatic carbocycles. The minimum absolute atomic E-state index is 0.515. The lowest BCUT2D eigenvalue weighted by molar-refractivity contribution is 0.277. The maximum atomic E-state index is 6.35. The van der Waals surface area contributed by atoms with Crippen LogP contribution in [-0.4, -0.2) is 28.1 Å². The molecule has 1 heterocycles. The van der Waals surface area contributed by atoms with E-state index in [0.717, 1.165) is 17.8 Å². The molecule has 0 radical (unpaired) electrons. The van der Waals surface area contributed by atoms with Crippen molar-refractivity contribution >= 4 is 23.8 Å². The number of hydrogen-bond acceptors (Lipinski definition) is 5. The van der Waals surface area contributed by atoms with E-state index in [2.05, 4.69) is 15.6 Å². The Labute approximate surface area is 145 Å². The molecule has 0 unspecified atom stereocenters. The molecule has 0 bridgehead atoms. The first kappa shape index (κ1) is 17.6. The number of rotatable bonds is 8. The van der Waals surface area contributed by atoms with Crippen LogP contribution in [0, 0.1) is 11.7 Å². The molecule has 0 spiro atoms. The van der Waals surface area contributed by atoms with Gasteiger partial charge in [-0.2, -0.15) is 5.10 Å². The van der Waals surface area contributed by atoms with Gasteiger partial charge in [-0.3, -0.25) is 5.10 Å². The Balaban J connectivity index is 2.20. The Morgan fingerprint density at radius 1 is 1.35 bits per heavy atom. The van der Waals surface area contributed by atoms with E-state index in [1.54, 1.807) is 4.68 Å². The van der Waals surface area contributed by atoms with Gasteiger partial charge < -0.3 is 14.9 Å². The van der Waals surface area contributed by atoms with Crippen molar-refractivity contribution in [2.24, 2.45) is 0 Å². The minimum atomic E-state index is 0.515. The van der Waals surface area contributed by atoms with Crippen molar-refractivity contribution in [3.63, 3.8) is 0 Å². The molecule has 126 valence electrons. The van der Waals surface area contributed by atoms with E-state index in [4.69, 9.17) is 33.3 Å². The number of aromatic amines is 1. The predicted octanol–water partition coefficient (Wildman–Crippen LogP) is 3.83. The molecule has 6 nitrogen and oxygen atoms in total. The maximum absolute atomic E-state index is 6.35. The predicted molar refractivity (Wildman–Crippen MR) is 93.6 cm³/mol. The Kier molecular flexibility index (Phi) is 6.29. The fraction of sp³-hybridized carbons (Fsp3) is 0.467. The van der Waals surface area contributed by atoms with E-state index in [1.165, 1.54) is 0 Å². The first-order valence-corrected chi connectivity index (χ1v) is 8.31. The summed E-state index contributed by atoms with van der Waals surface area (Å²) in [5.41, 5.74) is 4.16. The molecule has 2 rings (SSSR count). The number of nitrogens with one attached hydrogen (secondary N) is 2. The highest BCUT2D eigenvalue weighted by atomic mass is 35.5. The smallest absolute Gasteiger partial charge is 0.214 e. The van der Waals surface area contributed by atoms with Crippen LogP contribution < -0.4 is 14.9 Å². The Bertz CT molecular complexity index is 714. The van der Waals surface area contributed by atoms with Crippen molar-refractivity contribution in [1.82, 2.24) is 14.9 Å². The average molecular weight is 357 g/mol. The second kappa shape index (κ2) is 8.21. The summed E-state index contributed by atoms with van der Waals surface area (Å²) in [6.45, 7) is 7.50. The van der Waals surface area contributed by atoms with Gasteiger partial charge in [0.05, 0.1) is 24.8 Å². The second-order valence-electron chi connectivity index (χ2n) is 4.93. The first-order valence-electron chi connectivity index (χ1n) is 7.52. The van der Waals surface area contributed by atoms with Crippen LogP contribution in [-0.2, 0) is 6.54 Å². The third kappa shape index (κ3) is 4.39. The van der Waals surface area contributed by atoms with Gasteiger partial charge in [0.15, 0.2) is 11.5 Å². The Morgan fingerprint density at radius 3 is 2.74 bits per heavy atom. The number of benzene rings is 1. The van der Waals surface area contributed by atoms with Gasteiger partial charge in [0.2, 0.25) is 4.77 Å². The molecule has 0 saturated carbocycles. The van der Waals surface area contributed by atoms with Crippen molar-refractivity contribution in [3.8, 4) is 11.5 Å². The van der Waals surface area contributed by atoms with E-state index in [0.29, 0.717) is 41.1 Å². The molecular weight excluding hydrogens is 336 g/mol. The lowest BCUT2D eigenvalue weighted by Crippen LogP contribution is -2.16. The molecule has 0 amide bonds. The summed E-state index contributed by atoms with van der Waals surface area (Å²) in [6, 6.07) is 3.79. The third-order valence-corrected chi connectivity index (χ3v) is 3.66. The van der Waals surface area contributed by atoms with Crippen LogP contribution in [0.5, 0.6) is 11.5 Å². The summed E-state index contributed by atoms with van der Waals surface area (Å²) in [4.78, 5) is 0. The molecule has 23 heavy (non-hydrogen) atoms. The molecule has 2 N–H and O–H groups in total. The van der Waals surface area contributed by atoms with Crippen LogP contribution in [0.4, 0.5) is 0 Å². The van der Waals surface area contributed by atoms with E-state index in [1.807, 2.05) is 32.9 Å². The largest absolute Gasteiger partial charge is 0.490 e. The van der Waals surface area contributed by atoms with Gasteiger partial charge in [-0.05, 0) is 50.2 Å². The maximum Gasteiger partial charge on any atom is 0.214 e. The molecular formula is C15H21ClN4O2S. The number of nitrogens with zero attached hydrogens (tertiary/aromatic N) is 2. The number of halogens is 1. The summed E-state index contributed by atoms with van der Waals surface area (Å²) < 4.78 is 13.6. The highest BCUT2D eigenvalue weighted by Gasteiger charge is 2.13. The van der Waals surface area contributed by atoms with E-state index in [-0.39, 0.29) is 0 Å². The fourth-order valence-corrected chi connectivity index (χ4v) is 2.59. The van der Waals surface area contributed by atoms with Crippen molar-refractivity contribution in [2.75, 3.05) is 18.6 Å². The van der Waals surface area contributed by atoms with Crippen molar-refractivity contribution in [2.45, 2.75) is 33.7 Å². The molecule has 8 heteroatoms. The number of H-pyrrole nitrogens is 1. The minimum Gasteiger partial charge on any atom is -0.490 e. The van der Waals surface area contributed by atoms with Crippen LogP contribution in [0.15, 0.2) is 12.1 Å². The topological polar surface area (TPSA) is 64.1 Å². The number of aryl methyl sites for hydroxylation is 1. The van der Waals surface area contributed by atoms with E-state index >= 15 is 0 Å². The fourth-order valence-electron chi connectivity index (χ4n) is 2.06. The normalized spacial score (nSPS) is 10.6. The van der Waals surface area contributed by atoms with Crippen molar-refractivity contribution < 1.29 is 9.47 Å². The number of aromatic nitrogens is 3. The van der Waals surface area contributed by atoms with Crippen LogP contribution in [0.2, 0.25) is 5.02 Å². The summed E-state index contributed by atoms with van der Waals surface area (Å²) in [5, 5.41) is 7.32. The van der Waals surface area contributed by atoms with Crippen molar-refractivity contribution in [1.29, 1.82) is 0 Å². The summed E-state index contributed by atoms with van der Waals surface area (Å²) in [5.74, 6) is 2.00. The van der Waals surface area contributed by atoms with Crippen LogP contribution in [0.3, 0.4) is 0 Å². The van der Waals surface area contributed by atoms with Gasteiger partial charge in [0.25, 0.3) is 0 Å². The van der Waals surface area contributed by atoms with Gasteiger partial charge in [-0.1, -0.05) is 18.5 Å². The molecule has 0 aliphatic heterocycles. The van der Waals surface area contributed by atoms with E-state index in [9.17, 15) is 0 Å². The zero-order valence-electron chi connectivity index (χ0n) is 13.5. The lowest BCUT2D eigenvalue weighted by Gasteiger charge is -2.15. The number of hydrogen-bond donors (Lipinski definition) is 2. The number of ether oxygens (including phenoxy) is 2. The molecule has 0 atom stereocenters. The highest BCUT2D eigenvalue weighted by Crippen LogP contribution is 2.36. The monoisotopic (exact) mass is 356 g/mol. The summed E-state index contributed by atoms with van der Waals surface area (Å²) in [7, 11) is 0. The van der Waals surface area contributed by atoms with Gasteiger partial charge in [0, 0.05) is 0 Å². The molecule has 0 aliphatic rings. The van der Waals surface area contributed by atoms with Gasteiger partial charge in [-0.15, -0.1) is 0 Å². The first-order chi connectivity index (χ1) is 11.1. The van der Waals surface area contributed by atoms with Gasteiger partial charge >= 0.3 is 0 Å². The van der Waals surface area contributed by atoms with Gasteiger partial charge in [-0.25, -0.2) is 4.68 Å². The van der Waals surface area contributed by atoms with Crippen LogP contribution in [0.1, 0.15) is 31.7 Å². The molecule has 0 fully saturated rings. The van der Waals surface area contributed by atoms with Crippen LogP contribution in [0.25, 0.3) is 0 Å². The molecule has 0 saturated heterocycles.